The van der Waals surface area contributed by atoms with Crippen LogP contribution in [0.3, 0.4) is 0 Å². The van der Waals surface area contributed by atoms with Crippen molar-refractivity contribution in [2.45, 2.75) is 13.8 Å². The average Bonchev–Trinajstić information content (AvgIpc) is 3.34. The molecule has 1 aliphatic rings. The lowest BCUT2D eigenvalue weighted by molar-refractivity contribution is -0.117. The van der Waals surface area contributed by atoms with Crippen molar-refractivity contribution in [1.82, 2.24) is 5.43 Å². The Morgan fingerprint density at radius 1 is 1.10 bits per heavy atom. The van der Waals surface area contributed by atoms with E-state index in [4.69, 9.17) is 9.15 Å². The first-order valence-corrected chi connectivity index (χ1v) is 9.77. The first-order valence-electron chi connectivity index (χ1n) is 9.77. The fourth-order valence-electron chi connectivity index (χ4n) is 3.22. The van der Waals surface area contributed by atoms with Crippen molar-refractivity contribution >= 4 is 29.5 Å². The molecule has 4 rings (SSSR count). The summed E-state index contributed by atoms with van der Waals surface area (Å²) >= 11 is 0. The van der Waals surface area contributed by atoms with Gasteiger partial charge in [0.15, 0.2) is 0 Å². The maximum absolute atomic E-state index is 12.8. The van der Waals surface area contributed by atoms with Gasteiger partial charge >= 0.3 is 5.97 Å². The maximum atomic E-state index is 12.8. The number of carbonyl (C=O) groups excluding carboxylic acids is 3. The van der Waals surface area contributed by atoms with Crippen LogP contribution in [0, 0.1) is 6.92 Å². The van der Waals surface area contributed by atoms with Crippen LogP contribution in [-0.4, -0.2) is 24.4 Å². The van der Waals surface area contributed by atoms with Crippen LogP contribution in [0.1, 0.15) is 28.6 Å². The van der Waals surface area contributed by atoms with E-state index in [0.29, 0.717) is 29.4 Å². The Morgan fingerprint density at radius 3 is 2.58 bits per heavy atom. The largest absolute Gasteiger partial charge is 0.462 e. The number of anilines is 1. The molecule has 156 valence electrons. The molecule has 0 spiro atoms. The van der Waals surface area contributed by atoms with Gasteiger partial charge in [0.25, 0.3) is 11.8 Å². The van der Waals surface area contributed by atoms with Crippen molar-refractivity contribution in [3.63, 3.8) is 0 Å². The standard InChI is InChI=1S/C24H20N2O5/c1-3-30-24(29)17-9-7-16(8-10-17)21-12-11-19(31-21)14-20-22(27)25-26(23(20)28)18-6-4-5-15(2)13-18/h4-14H,3H2,1-2H3,(H,25,27)/b20-14+. The van der Waals surface area contributed by atoms with E-state index in [1.54, 1.807) is 49.4 Å². The van der Waals surface area contributed by atoms with Crippen molar-refractivity contribution in [2.24, 2.45) is 0 Å². The van der Waals surface area contributed by atoms with E-state index in [0.717, 1.165) is 11.1 Å². The molecule has 0 saturated carbocycles. The molecule has 0 unspecified atom stereocenters. The molecule has 1 aliphatic heterocycles. The summed E-state index contributed by atoms with van der Waals surface area (Å²) < 4.78 is 10.8. The fourth-order valence-corrected chi connectivity index (χ4v) is 3.22. The molecule has 0 atom stereocenters. The number of hydrogen-bond acceptors (Lipinski definition) is 5. The Labute approximate surface area is 178 Å². The lowest BCUT2D eigenvalue weighted by atomic mass is 10.1. The molecular formula is C24H20N2O5. The highest BCUT2D eigenvalue weighted by Crippen LogP contribution is 2.26. The van der Waals surface area contributed by atoms with Crippen molar-refractivity contribution in [2.75, 3.05) is 11.6 Å². The van der Waals surface area contributed by atoms with Gasteiger partial charge in [0.2, 0.25) is 0 Å². The number of hydrazine groups is 1. The van der Waals surface area contributed by atoms with Gasteiger partial charge in [0.1, 0.15) is 17.1 Å². The SMILES string of the molecule is CCOC(=O)c1ccc(-c2ccc(/C=C3\C(=O)NN(c4cccc(C)c4)C3=O)o2)cc1. The number of ether oxygens (including phenoxy) is 1. The number of hydrogen-bond donors (Lipinski definition) is 1. The molecule has 2 aromatic carbocycles. The summed E-state index contributed by atoms with van der Waals surface area (Å²) in [4.78, 5) is 36.9. The number of benzene rings is 2. The summed E-state index contributed by atoms with van der Waals surface area (Å²) in [5, 5.41) is 1.22. The normalized spacial score (nSPS) is 14.8. The van der Waals surface area contributed by atoms with Crippen molar-refractivity contribution < 1.29 is 23.5 Å². The Morgan fingerprint density at radius 2 is 1.87 bits per heavy atom. The Hall–Kier alpha value is -4.13. The molecule has 1 fully saturated rings. The van der Waals surface area contributed by atoms with E-state index in [9.17, 15) is 14.4 Å². The second-order valence-electron chi connectivity index (χ2n) is 6.98. The van der Waals surface area contributed by atoms with Gasteiger partial charge in [-0.05, 0) is 61.9 Å². The van der Waals surface area contributed by atoms with Crippen LogP contribution in [0.5, 0.6) is 0 Å². The van der Waals surface area contributed by atoms with E-state index in [2.05, 4.69) is 5.43 Å². The van der Waals surface area contributed by atoms with Gasteiger partial charge in [-0.15, -0.1) is 0 Å². The molecule has 0 aliphatic carbocycles. The van der Waals surface area contributed by atoms with Gasteiger partial charge in [-0.2, -0.15) is 0 Å². The van der Waals surface area contributed by atoms with Crippen molar-refractivity contribution in [3.05, 3.63) is 83.1 Å². The zero-order valence-electron chi connectivity index (χ0n) is 17.0. The molecule has 2 heterocycles. The van der Waals surface area contributed by atoms with Gasteiger partial charge in [-0.25, -0.2) is 9.80 Å². The van der Waals surface area contributed by atoms with Crippen LogP contribution in [0.25, 0.3) is 17.4 Å². The lowest BCUT2D eigenvalue weighted by Crippen LogP contribution is -2.35. The van der Waals surface area contributed by atoms with Crippen molar-refractivity contribution in [1.29, 1.82) is 0 Å². The van der Waals surface area contributed by atoms with E-state index < -0.39 is 11.8 Å². The summed E-state index contributed by atoms with van der Waals surface area (Å²) in [7, 11) is 0. The van der Waals surface area contributed by atoms with E-state index >= 15 is 0 Å². The first-order chi connectivity index (χ1) is 15.0. The molecule has 2 amide bonds. The van der Waals surface area contributed by atoms with Gasteiger partial charge in [0, 0.05) is 5.56 Å². The molecular weight excluding hydrogens is 396 g/mol. The van der Waals surface area contributed by atoms with Crippen molar-refractivity contribution in [3.8, 4) is 11.3 Å². The van der Waals surface area contributed by atoms with Crippen LogP contribution >= 0.6 is 0 Å². The molecule has 1 saturated heterocycles. The third-order valence-corrected chi connectivity index (χ3v) is 4.75. The number of amides is 2. The second kappa shape index (κ2) is 8.31. The third-order valence-electron chi connectivity index (χ3n) is 4.75. The fraction of sp³-hybridized carbons (Fsp3) is 0.125. The molecule has 7 heteroatoms. The predicted molar refractivity (Wildman–Crippen MR) is 115 cm³/mol. The number of rotatable bonds is 5. The maximum Gasteiger partial charge on any atom is 0.338 e. The summed E-state index contributed by atoms with van der Waals surface area (Å²) in [6.07, 6.45) is 1.42. The number of aryl methyl sites for hydroxylation is 1. The van der Waals surface area contributed by atoms with Gasteiger partial charge < -0.3 is 9.15 Å². The summed E-state index contributed by atoms with van der Waals surface area (Å²) in [5.74, 6) is -0.420. The predicted octanol–water partition coefficient (Wildman–Crippen LogP) is 3.89. The second-order valence-corrected chi connectivity index (χ2v) is 6.98. The highest BCUT2D eigenvalue weighted by molar-refractivity contribution is 6.31. The van der Waals surface area contributed by atoms with Gasteiger partial charge in [-0.3, -0.25) is 15.0 Å². The molecule has 0 bridgehead atoms. The van der Waals surface area contributed by atoms with E-state index in [-0.39, 0.29) is 11.5 Å². The Bertz CT molecular complexity index is 1190. The number of nitrogens with one attached hydrogen (secondary N) is 1. The summed E-state index contributed by atoms with van der Waals surface area (Å²) in [6.45, 7) is 3.97. The van der Waals surface area contributed by atoms with Crippen LogP contribution in [0.2, 0.25) is 0 Å². The molecule has 0 radical (unpaired) electrons. The van der Waals surface area contributed by atoms with Crippen LogP contribution in [-0.2, 0) is 14.3 Å². The van der Waals surface area contributed by atoms with Crippen LogP contribution in [0.15, 0.2) is 70.7 Å². The van der Waals surface area contributed by atoms with Gasteiger partial charge in [0.05, 0.1) is 17.9 Å². The topological polar surface area (TPSA) is 88.9 Å². The molecule has 31 heavy (non-hydrogen) atoms. The molecule has 7 nitrogen and oxygen atoms in total. The quantitative estimate of drug-likeness (QED) is 0.387. The average molecular weight is 416 g/mol. The van der Waals surface area contributed by atoms with E-state index in [1.807, 2.05) is 25.1 Å². The van der Waals surface area contributed by atoms with Gasteiger partial charge in [-0.1, -0.05) is 24.3 Å². The first kappa shape index (κ1) is 20.2. The minimum absolute atomic E-state index is 0.0138. The number of furan rings is 1. The van der Waals surface area contributed by atoms with Crippen LogP contribution in [0.4, 0.5) is 5.69 Å². The summed E-state index contributed by atoms with van der Waals surface area (Å²) in [5.41, 5.74) is 5.32. The minimum atomic E-state index is -0.497. The van der Waals surface area contributed by atoms with Crippen LogP contribution < -0.4 is 10.4 Å². The number of carbonyl (C=O) groups is 3. The minimum Gasteiger partial charge on any atom is -0.462 e. The molecule has 1 N–H and O–H groups in total. The van der Waals surface area contributed by atoms with E-state index in [1.165, 1.54) is 11.1 Å². The third kappa shape index (κ3) is 4.11. The summed E-state index contributed by atoms with van der Waals surface area (Å²) in [6, 6.07) is 17.5. The highest BCUT2D eigenvalue weighted by atomic mass is 16.5. The number of nitrogens with zero attached hydrogens (tertiary/aromatic N) is 1. The number of esters is 1. The highest BCUT2D eigenvalue weighted by Gasteiger charge is 2.34. The Kier molecular flexibility index (Phi) is 5.41. The molecule has 3 aromatic rings. The molecule has 1 aromatic heterocycles. The smallest absolute Gasteiger partial charge is 0.338 e. The zero-order valence-corrected chi connectivity index (χ0v) is 17.0. The monoisotopic (exact) mass is 416 g/mol. The lowest BCUT2D eigenvalue weighted by Gasteiger charge is -2.14. The Balaban J connectivity index is 1.55. The zero-order chi connectivity index (χ0) is 22.0.